The van der Waals surface area contributed by atoms with E-state index in [4.69, 9.17) is 14.2 Å². The van der Waals surface area contributed by atoms with Crippen LogP contribution in [0, 0.1) is 6.92 Å². The number of carbonyl (C=O) groups is 1. The molecule has 0 amide bonds. The zero-order valence-corrected chi connectivity index (χ0v) is 15.4. The van der Waals surface area contributed by atoms with Crippen molar-refractivity contribution in [2.45, 2.75) is 25.8 Å². The van der Waals surface area contributed by atoms with E-state index < -0.39 is 0 Å². The minimum Gasteiger partial charge on any atom is -0.492 e. The Bertz CT molecular complexity index is 844. The summed E-state index contributed by atoms with van der Waals surface area (Å²) in [5.41, 5.74) is 4.11. The van der Waals surface area contributed by atoms with Gasteiger partial charge in [-0.1, -0.05) is 29.8 Å². The first-order valence-electron chi connectivity index (χ1n) is 8.88. The highest BCUT2D eigenvalue weighted by molar-refractivity contribution is 5.96. The molecule has 0 spiro atoms. The molecule has 4 rings (SSSR count). The van der Waals surface area contributed by atoms with Gasteiger partial charge in [0, 0.05) is 30.1 Å². The lowest BCUT2D eigenvalue weighted by atomic mass is 9.87. The van der Waals surface area contributed by atoms with Crippen molar-refractivity contribution in [2.24, 2.45) is 0 Å². The molecule has 0 aromatic heterocycles. The van der Waals surface area contributed by atoms with Crippen molar-refractivity contribution in [2.75, 3.05) is 27.5 Å². The largest absolute Gasteiger partial charge is 0.492 e. The number of benzene rings is 2. The van der Waals surface area contributed by atoms with Crippen LogP contribution in [-0.2, 0) is 6.42 Å². The molecule has 0 radical (unpaired) electrons. The molecule has 0 aliphatic carbocycles. The molecule has 2 heterocycles. The summed E-state index contributed by atoms with van der Waals surface area (Å²) in [6, 6.07) is 9.75. The number of hydrogen-bond acceptors (Lipinski definition) is 5. The van der Waals surface area contributed by atoms with E-state index in [0.717, 1.165) is 35.4 Å². The van der Waals surface area contributed by atoms with Gasteiger partial charge in [-0.3, -0.25) is 9.69 Å². The highest BCUT2D eigenvalue weighted by Crippen LogP contribution is 2.50. The topological polar surface area (TPSA) is 48.0 Å². The molecule has 2 aromatic carbocycles. The first kappa shape index (κ1) is 16.9. The van der Waals surface area contributed by atoms with Crippen molar-refractivity contribution in [3.05, 3.63) is 52.6 Å². The molecule has 5 heteroatoms. The predicted octanol–water partition coefficient (Wildman–Crippen LogP) is 3.53. The Kier molecular flexibility index (Phi) is 4.32. The summed E-state index contributed by atoms with van der Waals surface area (Å²) in [5.74, 6) is 2.21. The Labute approximate surface area is 153 Å². The van der Waals surface area contributed by atoms with Gasteiger partial charge in [0.15, 0.2) is 17.3 Å². The Balaban J connectivity index is 1.71. The molecule has 0 bridgehead atoms. The van der Waals surface area contributed by atoms with Gasteiger partial charge < -0.3 is 14.2 Å². The normalized spacial score (nSPS) is 18.5. The number of rotatable bonds is 4. The third-order valence-corrected chi connectivity index (χ3v) is 5.30. The lowest BCUT2D eigenvalue weighted by Gasteiger charge is -2.35. The van der Waals surface area contributed by atoms with Crippen LogP contribution in [0.1, 0.15) is 39.5 Å². The van der Waals surface area contributed by atoms with Gasteiger partial charge in [0.1, 0.15) is 0 Å². The van der Waals surface area contributed by atoms with Crippen LogP contribution in [0.25, 0.3) is 0 Å². The Morgan fingerprint density at radius 2 is 2.04 bits per heavy atom. The molecule has 0 saturated carbocycles. The number of aryl methyl sites for hydroxylation is 1. The van der Waals surface area contributed by atoms with Crippen LogP contribution in [0.2, 0.25) is 0 Å². The molecule has 136 valence electrons. The van der Waals surface area contributed by atoms with Crippen molar-refractivity contribution in [3.8, 4) is 17.2 Å². The number of hydrogen-bond donors (Lipinski definition) is 0. The van der Waals surface area contributed by atoms with Gasteiger partial charge in [-0.15, -0.1) is 0 Å². The lowest BCUT2D eigenvalue weighted by molar-refractivity contribution is 0.0925. The van der Waals surface area contributed by atoms with Gasteiger partial charge in [-0.05, 0) is 32.0 Å². The number of likely N-dealkylation sites (N-methyl/N-ethyl adjacent to an activating group) is 1. The minimum atomic E-state index is -0.0444. The maximum Gasteiger partial charge on any atom is 0.231 e. The zero-order chi connectivity index (χ0) is 18.3. The fourth-order valence-electron chi connectivity index (χ4n) is 3.82. The summed E-state index contributed by atoms with van der Waals surface area (Å²) < 4.78 is 16.9. The SMILES string of the molecule is COc1c2c(cc3c1[C@H](CC(=O)c1ccc(C)cc1)N(C)CC3)OCO2. The number of methoxy groups -OCH3 is 1. The van der Waals surface area contributed by atoms with Crippen LogP contribution < -0.4 is 14.2 Å². The average molecular weight is 353 g/mol. The minimum absolute atomic E-state index is 0.0444. The van der Waals surface area contributed by atoms with Crippen LogP contribution in [0.3, 0.4) is 0 Å². The summed E-state index contributed by atoms with van der Waals surface area (Å²) in [6.07, 6.45) is 1.30. The first-order valence-corrected chi connectivity index (χ1v) is 8.88. The first-order chi connectivity index (χ1) is 12.6. The van der Waals surface area contributed by atoms with Gasteiger partial charge in [-0.2, -0.15) is 0 Å². The monoisotopic (exact) mass is 353 g/mol. The van der Waals surface area contributed by atoms with Gasteiger partial charge in [0.25, 0.3) is 0 Å². The maximum atomic E-state index is 12.9. The molecule has 2 aromatic rings. The standard InChI is InChI=1S/C21H23NO4/c1-13-4-6-14(7-5-13)17(23)11-16-19-15(8-9-22(16)2)10-18-20(21(19)24-3)26-12-25-18/h4-7,10,16H,8-9,11-12H2,1-3H3/t16-/m0/s1. The molecule has 5 nitrogen and oxygen atoms in total. The van der Waals surface area contributed by atoms with E-state index in [1.807, 2.05) is 37.3 Å². The molecular formula is C21H23NO4. The van der Waals surface area contributed by atoms with Crippen molar-refractivity contribution in [3.63, 3.8) is 0 Å². The summed E-state index contributed by atoms with van der Waals surface area (Å²) in [5, 5.41) is 0. The highest BCUT2D eigenvalue weighted by Gasteiger charge is 2.35. The van der Waals surface area contributed by atoms with Gasteiger partial charge in [-0.25, -0.2) is 0 Å². The molecule has 0 N–H and O–H groups in total. The number of fused-ring (bicyclic) bond motifs is 2. The van der Waals surface area contributed by atoms with Crippen LogP contribution in [-0.4, -0.2) is 38.2 Å². The van der Waals surface area contributed by atoms with Crippen molar-refractivity contribution in [1.82, 2.24) is 4.90 Å². The van der Waals surface area contributed by atoms with Gasteiger partial charge >= 0.3 is 0 Å². The Morgan fingerprint density at radius 1 is 1.27 bits per heavy atom. The van der Waals surface area contributed by atoms with Crippen LogP contribution in [0.5, 0.6) is 17.2 Å². The fourth-order valence-corrected chi connectivity index (χ4v) is 3.82. The molecule has 0 unspecified atom stereocenters. The number of carbonyl (C=O) groups excluding carboxylic acids is 1. The van der Waals surface area contributed by atoms with E-state index in [-0.39, 0.29) is 18.6 Å². The molecule has 26 heavy (non-hydrogen) atoms. The number of Topliss-reactive ketones (excluding diaryl/α,β-unsaturated/α-hetero) is 1. The van der Waals surface area contributed by atoms with Crippen molar-refractivity contribution in [1.29, 1.82) is 0 Å². The maximum absolute atomic E-state index is 12.9. The second kappa shape index (κ2) is 6.65. The van der Waals surface area contributed by atoms with E-state index >= 15 is 0 Å². The number of ether oxygens (including phenoxy) is 3. The molecule has 0 fully saturated rings. The van der Waals surface area contributed by atoms with E-state index in [2.05, 4.69) is 11.9 Å². The van der Waals surface area contributed by atoms with E-state index in [9.17, 15) is 4.79 Å². The lowest BCUT2D eigenvalue weighted by Crippen LogP contribution is -2.34. The van der Waals surface area contributed by atoms with Crippen LogP contribution >= 0.6 is 0 Å². The number of nitrogens with zero attached hydrogens (tertiary/aromatic N) is 1. The van der Waals surface area contributed by atoms with Crippen molar-refractivity contribution >= 4 is 5.78 Å². The Morgan fingerprint density at radius 3 is 2.77 bits per heavy atom. The van der Waals surface area contributed by atoms with Gasteiger partial charge in [0.2, 0.25) is 12.5 Å². The van der Waals surface area contributed by atoms with Crippen molar-refractivity contribution < 1.29 is 19.0 Å². The van der Waals surface area contributed by atoms with E-state index in [1.165, 1.54) is 5.56 Å². The fraction of sp³-hybridized carbons (Fsp3) is 0.381. The second-order valence-electron chi connectivity index (χ2n) is 6.96. The van der Waals surface area contributed by atoms with Crippen LogP contribution in [0.15, 0.2) is 30.3 Å². The molecular weight excluding hydrogens is 330 g/mol. The summed E-state index contributed by atoms with van der Waals surface area (Å²) in [4.78, 5) is 15.1. The Hall–Kier alpha value is -2.53. The van der Waals surface area contributed by atoms with Crippen LogP contribution in [0.4, 0.5) is 0 Å². The molecule has 2 aliphatic rings. The molecule has 1 atom stereocenters. The van der Waals surface area contributed by atoms with E-state index in [0.29, 0.717) is 17.9 Å². The average Bonchev–Trinajstić information content (AvgIpc) is 3.11. The molecule has 0 saturated heterocycles. The predicted molar refractivity (Wildman–Crippen MR) is 98.3 cm³/mol. The summed E-state index contributed by atoms with van der Waals surface area (Å²) in [7, 11) is 3.70. The van der Waals surface area contributed by atoms with Gasteiger partial charge in [0.05, 0.1) is 7.11 Å². The third kappa shape index (κ3) is 2.82. The molecule has 2 aliphatic heterocycles. The third-order valence-electron chi connectivity index (χ3n) is 5.30. The zero-order valence-electron chi connectivity index (χ0n) is 15.4. The van der Waals surface area contributed by atoms with E-state index in [1.54, 1.807) is 7.11 Å². The second-order valence-corrected chi connectivity index (χ2v) is 6.96. The summed E-state index contributed by atoms with van der Waals surface area (Å²) >= 11 is 0. The quantitative estimate of drug-likeness (QED) is 0.787. The summed E-state index contributed by atoms with van der Waals surface area (Å²) in [6.45, 7) is 3.12. The highest BCUT2D eigenvalue weighted by atomic mass is 16.7. The number of ketones is 1. The smallest absolute Gasteiger partial charge is 0.231 e.